The van der Waals surface area contributed by atoms with Crippen LogP contribution < -0.4 is 5.32 Å². The van der Waals surface area contributed by atoms with E-state index in [1.807, 2.05) is 0 Å². The quantitative estimate of drug-likeness (QED) is 0.862. The molecule has 0 saturated heterocycles. The molecule has 18 heavy (non-hydrogen) atoms. The van der Waals surface area contributed by atoms with Gasteiger partial charge < -0.3 is 5.32 Å². The summed E-state index contributed by atoms with van der Waals surface area (Å²) in [6.07, 6.45) is 0. The van der Waals surface area contributed by atoms with E-state index in [2.05, 4.69) is 58.1 Å². The van der Waals surface area contributed by atoms with Crippen LogP contribution in [0.1, 0.15) is 43.5 Å². The first-order valence-electron chi connectivity index (χ1n) is 6.70. The molecular weight excluding hydrogens is 220 g/mol. The van der Waals surface area contributed by atoms with Gasteiger partial charge in [-0.2, -0.15) is 0 Å². The number of benzene rings is 1. The molecule has 0 atom stereocenters. The van der Waals surface area contributed by atoms with E-state index >= 15 is 0 Å². The van der Waals surface area contributed by atoms with Crippen molar-refractivity contribution in [3.8, 4) is 0 Å². The average Bonchev–Trinajstić information content (AvgIpc) is 2.34. The first-order chi connectivity index (χ1) is 8.56. The number of para-hydroxylation sites is 1. The molecule has 1 heterocycles. The summed E-state index contributed by atoms with van der Waals surface area (Å²) in [6, 6.07) is 6.48. The molecule has 1 aromatic heterocycles. The van der Waals surface area contributed by atoms with E-state index in [-0.39, 0.29) is 0 Å². The maximum Gasteiger partial charge on any atom is 0.0760 e. The number of fused-ring (bicyclic) bond motifs is 1. The molecule has 0 aliphatic rings. The van der Waals surface area contributed by atoms with Crippen LogP contribution in [0.25, 0.3) is 10.9 Å². The Morgan fingerprint density at radius 1 is 1.22 bits per heavy atom. The SMILES string of the molecule is CCNc1c(C)c(C)nc2c(C(C)C)cccc12. The predicted octanol–water partition coefficient (Wildman–Crippen LogP) is 4.41. The van der Waals surface area contributed by atoms with E-state index in [1.165, 1.54) is 22.2 Å². The molecule has 2 rings (SSSR count). The van der Waals surface area contributed by atoms with Crippen molar-refractivity contribution in [1.29, 1.82) is 0 Å². The van der Waals surface area contributed by atoms with Crippen molar-refractivity contribution in [2.75, 3.05) is 11.9 Å². The second-order valence-electron chi connectivity index (χ2n) is 5.13. The highest BCUT2D eigenvalue weighted by molar-refractivity contribution is 5.95. The highest BCUT2D eigenvalue weighted by Gasteiger charge is 2.12. The average molecular weight is 242 g/mol. The van der Waals surface area contributed by atoms with Crippen LogP contribution in [0.2, 0.25) is 0 Å². The second-order valence-corrected chi connectivity index (χ2v) is 5.13. The Hall–Kier alpha value is -1.57. The van der Waals surface area contributed by atoms with Crippen LogP contribution >= 0.6 is 0 Å². The van der Waals surface area contributed by atoms with Gasteiger partial charge in [-0.3, -0.25) is 4.98 Å². The summed E-state index contributed by atoms with van der Waals surface area (Å²) in [5.74, 6) is 0.498. The van der Waals surface area contributed by atoms with Gasteiger partial charge in [0, 0.05) is 23.3 Å². The van der Waals surface area contributed by atoms with E-state index in [0.29, 0.717) is 5.92 Å². The van der Waals surface area contributed by atoms with Crippen LogP contribution in [0, 0.1) is 13.8 Å². The maximum atomic E-state index is 4.80. The van der Waals surface area contributed by atoms with E-state index in [1.54, 1.807) is 0 Å². The topological polar surface area (TPSA) is 24.9 Å². The van der Waals surface area contributed by atoms with Crippen LogP contribution in [0.3, 0.4) is 0 Å². The zero-order valence-electron chi connectivity index (χ0n) is 12.0. The fourth-order valence-corrected chi connectivity index (χ4v) is 2.39. The molecule has 0 aliphatic heterocycles. The number of rotatable bonds is 3. The van der Waals surface area contributed by atoms with E-state index in [9.17, 15) is 0 Å². The van der Waals surface area contributed by atoms with Gasteiger partial charge in [0.25, 0.3) is 0 Å². The molecule has 0 spiro atoms. The molecule has 1 N–H and O–H groups in total. The zero-order chi connectivity index (χ0) is 13.3. The zero-order valence-corrected chi connectivity index (χ0v) is 12.0. The summed E-state index contributed by atoms with van der Waals surface area (Å²) < 4.78 is 0. The molecule has 0 aliphatic carbocycles. The number of aromatic nitrogens is 1. The van der Waals surface area contributed by atoms with Gasteiger partial charge in [0.05, 0.1) is 5.52 Å². The molecule has 2 heteroatoms. The number of aryl methyl sites for hydroxylation is 1. The molecule has 2 aromatic rings. The second kappa shape index (κ2) is 4.97. The van der Waals surface area contributed by atoms with Crippen molar-refractivity contribution >= 4 is 16.6 Å². The minimum absolute atomic E-state index is 0.498. The fraction of sp³-hybridized carbons (Fsp3) is 0.438. The molecule has 0 bridgehead atoms. The molecule has 0 amide bonds. The minimum Gasteiger partial charge on any atom is -0.385 e. The van der Waals surface area contributed by atoms with E-state index < -0.39 is 0 Å². The number of hydrogen-bond donors (Lipinski definition) is 1. The molecule has 1 aromatic carbocycles. The summed E-state index contributed by atoms with van der Waals surface area (Å²) in [5.41, 5.74) is 6.08. The molecule has 0 saturated carbocycles. The monoisotopic (exact) mass is 242 g/mol. The number of pyridine rings is 1. The van der Waals surface area contributed by atoms with Gasteiger partial charge in [0.1, 0.15) is 0 Å². The largest absolute Gasteiger partial charge is 0.385 e. The highest BCUT2D eigenvalue weighted by atomic mass is 14.9. The third-order valence-electron chi connectivity index (χ3n) is 3.51. The van der Waals surface area contributed by atoms with Gasteiger partial charge in [-0.05, 0) is 37.8 Å². The van der Waals surface area contributed by atoms with E-state index in [0.717, 1.165) is 17.8 Å². The molecular formula is C16H22N2. The smallest absolute Gasteiger partial charge is 0.0760 e. The summed E-state index contributed by atoms with van der Waals surface area (Å²) in [5, 5.41) is 4.73. The number of nitrogens with one attached hydrogen (secondary N) is 1. The number of nitrogens with zero attached hydrogens (tertiary/aromatic N) is 1. The summed E-state index contributed by atoms with van der Waals surface area (Å²) in [4.78, 5) is 4.80. The fourth-order valence-electron chi connectivity index (χ4n) is 2.39. The van der Waals surface area contributed by atoms with E-state index in [4.69, 9.17) is 4.98 Å². The Morgan fingerprint density at radius 3 is 2.56 bits per heavy atom. The van der Waals surface area contributed by atoms with Crippen LogP contribution in [-0.4, -0.2) is 11.5 Å². The molecule has 96 valence electrons. The summed E-state index contributed by atoms with van der Waals surface area (Å²) >= 11 is 0. The van der Waals surface area contributed by atoms with Crippen molar-refractivity contribution in [3.05, 3.63) is 35.0 Å². The minimum atomic E-state index is 0.498. The van der Waals surface area contributed by atoms with Crippen molar-refractivity contribution < 1.29 is 0 Å². The van der Waals surface area contributed by atoms with Crippen molar-refractivity contribution in [3.63, 3.8) is 0 Å². The van der Waals surface area contributed by atoms with Crippen LogP contribution in [0.4, 0.5) is 5.69 Å². The van der Waals surface area contributed by atoms with Gasteiger partial charge in [-0.15, -0.1) is 0 Å². The molecule has 0 fully saturated rings. The lowest BCUT2D eigenvalue weighted by molar-refractivity contribution is 0.872. The Labute approximate surface area is 109 Å². The third kappa shape index (κ3) is 2.07. The lowest BCUT2D eigenvalue weighted by Gasteiger charge is -2.16. The highest BCUT2D eigenvalue weighted by Crippen LogP contribution is 2.32. The Bertz CT molecular complexity index is 571. The van der Waals surface area contributed by atoms with Crippen molar-refractivity contribution in [1.82, 2.24) is 4.98 Å². The van der Waals surface area contributed by atoms with Gasteiger partial charge in [-0.25, -0.2) is 0 Å². The Morgan fingerprint density at radius 2 is 1.94 bits per heavy atom. The van der Waals surface area contributed by atoms with Crippen LogP contribution in [0.5, 0.6) is 0 Å². The van der Waals surface area contributed by atoms with Crippen molar-refractivity contribution in [2.45, 2.75) is 40.5 Å². The Kier molecular flexibility index (Phi) is 3.55. The van der Waals surface area contributed by atoms with Crippen LogP contribution in [-0.2, 0) is 0 Å². The standard InChI is InChI=1S/C16H22N2/c1-6-17-15-11(4)12(5)18-16-13(10(2)3)8-7-9-14(15)16/h7-10H,6H2,1-5H3,(H,17,18). The lowest BCUT2D eigenvalue weighted by Crippen LogP contribution is -2.04. The maximum absolute atomic E-state index is 4.80. The lowest BCUT2D eigenvalue weighted by atomic mass is 9.97. The summed E-state index contributed by atoms with van der Waals surface area (Å²) in [6.45, 7) is 11.7. The first-order valence-corrected chi connectivity index (χ1v) is 6.70. The van der Waals surface area contributed by atoms with Crippen LogP contribution in [0.15, 0.2) is 18.2 Å². The number of anilines is 1. The van der Waals surface area contributed by atoms with Gasteiger partial charge >= 0.3 is 0 Å². The normalized spacial score (nSPS) is 11.2. The summed E-state index contributed by atoms with van der Waals surface area (Å²) in [7, 11) is 0. The van der Waals surface area contributed by atoms with Gasteiger partial charge in [0.2, 0.25) is 0 Å². The van der Waals surface area contributed by atoms with Gasteiger partial charge in [0.15, 0.2) is 0 Å². The molecule has 0 radical (unpaired) electrons. The van der Waals surface area contributed by atoms with Crippen molar-refractivity contribution in [2.24, 2.45) is 0 Å². The van der Waals surface area contributed by atoms with Gasteiger partial charge in [-0.1, -0.05) is 32.0 Å². The number of hydrogen-bond acceptors (Lipinski definition) is 2. The molecule has 0 unspecified atom stereocenters. The molecule has 2 nitrogen and oxygen atoms in total. The Balaban J connectivity index is 2.82. The predicted molar refractivity (Wildman–Crippen MR) is 79.5 cm³/mol. The first kappa shape index (κ1) is 12.9. The third-order valence-corrected chi connectivity index (χ3v) is 3.51.